The summed E-state index contributed by atoms with van der Waals surface area (Å²) < 4.78 is 5.71. The van der Waals surface area contributed by atoms with Crippen LogP contribution in [0.1, 0.15) is 15.9 Å². The first-order valence-electron chi connectivity index (χ1n) is 7.61. The molecule has 0 fully saturated rings. The smallest absolute Gasteiger partial charge is 0.256 e. The first-order chi connectivity index (χ1) is 12.5. The van der Waals surface area contributed by atoms with Crippen LogP contribution in [0.15, 0.2) is 60.9 Å². The Kier molecular flexibility index (Phi) is 5.99. The van der Waals surface area contributed by atoms with Crippen LogP contribution >= 0.6 is 34.8 Å². The second-order valence-corrected chi connectivity index (χ2v) is 6.58. The molecule has 0 aliphatic carbocycles. The van der Waals surface area contributed by atoms with Crippen molar-refractivity contribution >= 4 is 46.4 Å². The van der Waals surface area contributed by atoms with Gasteiger partial charge < -0.3 is 10.1 Å². The molecule has 2 aromatic carbocycles. The van der Waals surface area contributed by atoms with Gasteiger partial charge in [0.25, 0.3) is 5.91 Å². The van der Waals surface area contributed by atoms with Crippen LogP contribution in [-0.2, 0) is 6.61 Å². The third-order valence-corrected chi connectivity index (χ3v) is 4.42. The topological polar surface area (TPSA) is 51.2 Å². The molecule has 132 valence electrons. The molecule has 7 heteroatoms. The van der Waals surface area contributed by atoms with E-state index in [1.165, 1.54) is 6.20 Å². The third-order valence-electron chi connectivity index (χ3n) is 3.55. The van der Waals surface area contributed by atoms with Crippen molar-refractivity contribution in [2.45, 2.75) is 6.61 Å². The molecule has 3 aromatic rings. The number of pyridine rings is 1. The van der Waals surface area contributed by atoms with Crippen molar-refractivity contribution in [3.63, 3.8) is 0 Å². The number of nitrogens with zero attached hydrogens (tertiary/aromatic N) is 1. The van der Waals surface area contributed by atoms with Gasteiger partial charge in [-0.15, -0.1) is 0 Å². The van der Waals surface area contributed by atoms with Gasteiger partial charge in [0.05, 0.1) is 15.7 Å². The second kappa shape index (κ2) is 8.41. The summed E-state index contributed by atoms with van der Waals surface area (Å²) >= 11 is 18.1. The molecule has 26 heavy (non-hydrogen) atoms. The number of benzene rings is 2. The normalized spacial score (nSPS) is 10.4. The summed E-state index contributed by atoms with van der Waals surface area (Å²) in [7, 11) is 0. The fraction of sp³-hybridized carbons (Fsp3) is 0.0526. The van der Waals surface area contributed by atoms with Crippen LogP contribution in [0.4, 0.5) is 5.69 Å². The first-order valence-corrected chi connectivity index (χ1v) is 8.74. The Morgan fingerprint density at radius 2 is 1.85 bits per heavy atom. The number of ether oxygens (including phenoxy) is 1. The molecule has 0 radical (unpaired) electrons. The molecular formula is C19H13Cl3N2O2. The van der Waals surface area contributed by atoms with Crippen molar-refractivity contribution in [1.82, 2.24) is 4.98 Å². The number of nitrogens with one attached hydrogen (secondary N) is 1. The standard InChI is InChI=1S/C19H13Cl3N2O2/c20-13-5-6-16(22)18(9-13)26-11-12-10-23-8-7-14(12)19(25)24-17-4-2-1-3-15(17)21/h1-10H,11H2,(H,24,25). The quantitative estimate of drug-likeness (QED) is 0.575. The summed E-state index contributed by atoms with van der Waals surface area (Å²) in [6, 6.07) is 13.6. The van der Waals surface area contributed by atoms with Crippen LogP contribution in [0.3, 0.4) is 0 Å². The first kappa shape index (κ1) is 18.5. The molecule has 0 saturated carbocycles. The number of anilines is 1. The van der Waals surface area contributed by atoms with E-state index in [4.69, 9.17) is 39.5 Å². The summed E-state index contributed by atoms with van der Waals surface area (Å²) in [5.74, 6) is 0.122. The predicted molar refractivity (Wildman–Crippen MR) is 104 cm³/mol. The molecule has 0 aliphatic rings. The lowest BCUT2D eigenvalue weighted by Gasteiger charge is -2.12. The zero-order valence-corrected chi connectivity index (χ0v) is 15.6. The fourth-order valence-electron chi connectivity index (χ4n) is 2.26. The molecule has 0 bridgehead atoms. The maximum Gasteiger partial charge on any atom is 0.256 e. The largest absolute Gasteiger partial charge is 0.487 e. The van der Waals surface area contributed by atoms with Gasteiger partial charge in [0.2, 0.25) is 0 Å². The number of para-hydroxylation sites is 1. The lowest BCUT2D eigenvalue weighted by molar-refractivity contribution is 0.102. The highest BCUT2D eigenvalue weighted by molar-refractivity contribution is 6.34. The van der Waals surface area contributed by atoms with Gasteiger partial charge >= 0.3 is 0 Å². The number of hydrogen-bond acceptors (Lipinski definition) is 3. The molecule has 4 nitrogen and oxygen atoms in total. The van der Waals surface area contributed by atoms with Crippen molar-refractivity contribution < 1.29 is 9.53 Å². The SMILES string of the molecule is O=C(Nc1ccccc1Cl)c1ccncc1COc1cc(Cl)ccc1Cl. The number of rotatable bonds is 5. The van der Waals surface area contributed by atoms with Gasteiger partial charge in [0.1, 0.15) is 12.4 Å². The molecule has 0 saturated heterocycles. The van der Waals surface area contributed by atoms with Crippen LogP contribution in [0.25, 0.3) is 0 Å². The average molecular weight is 408 g/mol. The van der Waals surface area contributed by atoms with Crippen molar-refractivity contribution in [2.24, 2.45) is 0 Å². The van der Waals surface area contributed by atoms with E-state index in [1.54, 1.807) is 54.7 Å². The van der Waals surface area contributed by atoms with E-state index in [0.717, 1.165) is 0 Å². The minimum Gasteiger partial charge on any atom is -0.487 e. The van der Waals surface area contributed by atoms with E-state index < -0.39 is 0 Å². The molecule has 0 unspecified atom stereocenters. The fourth-order valence-corrected chi connectivity index (χ4v) is 2.78. The lowest BCUT2D eigenvalue weighted by Crippen LogP contribution is -2.15. The Hall–Kier alpha value is -2.27. The molecule has 1 heterocycles. The van der Waals surface area contributed by atoms with Crippen LogP contribution in [0.5, 0.6) is 5.75 Å². The molecule has 0 atom stereocenters. The highest BCUT2D eigenvalue weighted by Crippen LogP contribution is 2.29. The van der Waals surface area contributed by atoms with E-state index in [2.05, 4.69) is 10.3 Å². The van der Waals surface area contributed by atoms with Gasteiger partial charge in [-0.2, -0.15) is 0 Å². The van der Waals surface area contributed by atoms with E-state index >= 15 is 0 Å². The number of carbonyl (C=O) groups is 1. The van der Waals surface area contributed by atoms with Crippen molar-refractivity contribution in [3.8, 4) is 5.75 Å². The van der Waals surface area contributed by atoms with Gasteiger partial charge in [-0.05, 0) is 30.3 Å². The molecule has 3 rings (SSSR count). The molecule has 1 amide bonds. The minimum absolute atomic E-state index is 0.110. The molecular weight excluding hydrogens is 395 g/mol. The zero-order chi connectivity index (χ0) is 18.5. The van der Waals surface area contributed by atoms with Crippen LogP contribution < -0.4 is 10.1 Å². The van der Waals surface area contributed by atoms with Crippen molar-refractivity contribution in [3.05, 3.63) is 87.1 Å². The Balaban J connectivity index is 1.78. The Labute approximate surface area is 165 Å². The molecule has 1 N–H and O–H groups in total. The van der Waals surface area contributed by atoms with Gasteiger partial charge in [0, 0.05) is 34.6 Å². The molecule has 0 spiro atoms. The molecule has 1 aromatic heterocycles. The van der Waals surface area contributed by atoms with E-state index in [-0.39, 0.29) is 12.5 Å². The highest BCUT2D eigenvalue weighted by atomic mass is 35.5. The summed E-state index contributed by atoms with van der Waals surface area (Å²) in [5, 5.41) is 4.18. The van der Waals surface area contributed by atoms with E-state index in [0.29, 0.717) is 37.6 Å². The molecule has 0 aliphatic heterocycles. The van der Waals surface area contributed by atoms with Gasteiger partial charge in [-0.1, -0.05) is 46.9 Å². The third kappa shape index (κ3) is 4.47. The number of aromatic nitrogens is 1. The summed E-state index contributed by atoms with van der Waals surface area (Å²) in [6.45, 7) is 0.110. The summed E-state index contributed by atoms with van der Waals surface area (Å²) in [6.07, 6.45) is 3.11. The Morgan fingerprint density at radius 1 is 1.04 bits per heavy atom. The maximum absolute atomic E-state index is 12.6. The number of amides is 1. The van der Waals surface area contributed by atoms with Crippen molar-refractivity contribution in [2.75, 3.05) is 5.32 Å². The zero-order valence-electron chi connectivity index (χ0n) is 13.4. The monoisotopic (exact) mass is 406 g/mol. The highest BCUT2D eigenvalue weighted by Gasteiger charge is 2.14. The van der Waals surface area contributed by atoms with E-state index in [1.807, 2.05) is 0 Å². The maximum atomic E-state index is 12.6. The van der Waals surface area contributed by atoms with Crippen LogP contribution in [-0.4, -0.2) is 10.9 Å². The summed E-state index contributed by atoms with van der Waals surface area (Å²) in [5.41, 5.74) is 1.56. The van der Waals surface area contributed by atoms with Crippen LogP contribution in [0.2, 0.25) is 15.1 Å². The number of halogens is 3. The predicted octanol–water partition coefficient (Wildman–Crippen LogP) is 5.87. The lowest BCUT2D eigenvalue weighted by atomic mass is 10.1. The number of carbonyl (C=O) groups excluding carboxylic acids is 1. The average Bonchev–Trinajstić information content (AvgIpc) is 2.64. The van der Waals surface area contributed by atoms with Gasteiger partial charge in [-0.3, -0.25) is 9.78 Å². The van der Waals surface area contributed by atoms with Gasteiger partial charge in [0.15, 0.2) is 0 Å². The summed E-state index contributed by atoms with van der Waals surface area (Å²) in [4.78, 5) is 16.7. The van der Waals surface area contributed by atoms with Crippen LogP contribution in [0, 0.1) is 0 Å². The number of hydrogen-bond donors (Lipinski definition) is 1. The van der Waals surface area contributed by atoms with Crippen molar-refractivity contribution in [1.29, 1.82) is 0 Å². The van der Waals surface area contributed by atoms with Gasteiger partial charge in [-0.25, -0.2) is 0 Å². The Bertz CT molecular complexity index is 948. The minimum atomic E-state index is -0.309. The second-order valence-electron chi connectivity index (χ2n) is 5.33. The Morgan fingerprint density at radius 3 is 2.65 bits per heavy atom. The van der Waals surface area contributed by atoms with E-state index in [9.17, 15) is 4.79 Å².